The average molecular weight is 278 g/mol. The Hall–Kier alpha value is -1.39. The molecule has 0 amide bonds. The molecule has 0 atom stereocenters. The average Bonchev–Trinajstić information content (AvgIpc) is 2.59. The molecule has 1 aliphatic rings. The first-order valence-corrected chi connectivity index (χ1v) is 6.89. The Morgan fingerprint density at radius 1 is 1.10 bits per heavy atom. The summed E-state index contributed by atoms with van der Waals surface area (Å²) < 4.78 is 16.9. The fourth-order valence-electron chi connectivity index (χ4n) is 1.97. The molecule has 0 saturated carbocycles. The van der Waals surface area contributed by atoms with Gasteiger partial charge < -0.3 is 14.2 Å². The molecule has 20 heavy (non-hydrogen) atoms. The molecular formula is C16H22O4. The van der Waals surface area contributed by atoms with Gasteiger partial charge in [0.1, 0.15) is 0 Å². The number of rotatable bonds is 3. The van der Waals surface area contributed by atoms with Gasteiger partial charge in [-0.05, 0) is 46.8 Å². The minimum absolute atomic E-state index is 0.312. The van der Waals surface area contributed by atoms with Crippen molar-refractivity contribution in [1.82, 2.24) is 0 Å². The Labute approximate surface area is 120 Å². The molecule has 0 unspecified atom stereocenters. The predicted octanol–water partition coefficient (Wildman–Crippen LogP) is 3.47. The van der Waals surface area contributed by atoms with Crippen LogP contribution < -0.4 is 0 Å². The largest absolute Gasteiger partial charge is 0.462 e. The number of carbonyl (C=O) groups excluding carboxylic acids is 1. The van der Waals surface area contributed by atoms with Gasteiger partial charge in [0.15, 0.2) is 6.29 Å². The van der Waals surface area contributed by atoms with Crippen LogP contribution in [0.25, 0.3) is 0 Å². The first-order chi connectivity index (χ1) is 9.27. The second-order valence-corrected chi connectivity index (χ2v) is 5.93. The molecule has 0 N–H and O–H groups in total. The molecule has 0 bridgehead atoms. The van der Waals surface area contributed by atoms with Gasteiger partial charge in [-0.1, -0.05) is 12.1 Å². The lowest BCUT2D eigenvalue weighted by atomic mass is 9.90. The van der Waals surface area contributed by atoms with Gasteiger partial charge in [-0.25, -0.2) is 4.79 Å². The van der Waals surface area contributed by atoms with E-state index in [1.807, 2.05) is 39.8 Å². The number of carbonyl (C=O) groups is 1. The summed E-state index contributed by atoms with van der Waals surface area (Å²) >= 11 is 0. The van der Waals surface area contributed by atoms with Crippen LogP contribution in [0.5, 0.6) is 0 Å². The normalized spacial score (nSPS) is 20.9. The SMILES string of the molecule is CCOC(=O)c1ccc(C2OC(C)(C)C(C)(C)O2)cc1. The highest BCUT2D eigenvalue weighted by atomic mass is 16.7. The van der Waals surface area contributed by atoms with Gasteiger partial charge in [0.25, 0.3) is 0 Å². The third-order valence-electron chi connectivity index (χ3n) is 3.95. The van der Waals surface area contributed by atoms with Crippen LogP contribution in [0.1, 0.15) is 56.8 Å². The van der Waals surface area contributed by atoms with Crippen molar-refractivity contribution in [2.75, 3.05) is 6.61 Å². The van der Waals surface area contributed by atoms with Crippen LogP contribution in [0.2, 0.25) is 0 Å². The summed E-state index contributed by atoms with van der Waals surface area (Å²) in [5, 5.41) is 0. The molecule has 1 fully saturated rings. The van der Waals surface area contributed by atoms with Crippen LogP contribution in [0, 0.1) is 0 Å². The lowest BCUT2D eigenvalue weighted by Crippen LogP contribution is -2.41. The van der Waals surface area contributed by atoms with Crippen LogP contribution in [0.3, 0.4) is 0 Å². The summed E-state index contributed by atoms with van der Waals surface area (Å²) in [6.07, 6.45) is -0.406. The van der Waals surface area contributed by atoms with E-state index < -0.39 is 6.29 Å². The van der Waals surface area contributed by atoms with Gasteiger partial charge in [-0.3, -0.25) is 0 Å². The van der Waals surface area contributed by atoms with E-state index in [0.29, 0.717) is 12.2 Å². The molecule has 0 aromatic heterocycles. The summed E-state index contributed by atoms with van der Waals surface area (Å²) in [4.78, 5) is 11.6. The molecule has 4 nitrogen and oxygen atoms in total. The number of hydrogen-bond acceptors (Lipinski definition) is 4. The van der Waals surface area contributed by atoms with Gasteiger partial charge in [0.05, 0.1) is 23.4 Å². The molecule has 1 aromatic carbocycles. The minimum atomic E-state index is -0.406. The summed E-state index contributed by atoms with van der Waals surface area (Å²) in [7, 11) is 0. The molecule has 4 heteroatoms. The standard InChI is InChI=1S/C16H22O4/c1-6-18-13(17)11-7-9-12(10-8-11)14-19-15(2,3)16(4,5)20-14/h7-10,14H,6H2,1-5H3. The zero-order valence-electron chi connectivity index (χ0n) is 12.7. The summed E-state index contributed by atoms with van der Waals surface area (Å²) in [6.45, 7) is 10.2. The Morgan fingerprint density at radius 2 is 1.60 bits per heavy atom. The maximum atomic E-state index is 11.6. The summed E-state index contributed by atoms with van der Waals surface area (Å²) in [5.41, 5.74) is 0.707. The maximum Gasteiger partial charge on any atom is 0.338 e. The monoisotopic (exact) mass is 278 g/mol. The smallest absolute Gasteiger partial charge is 0.338 e. The van der Waals surface area contributed by atoms with Gasteiger partial charge in [-0.2, -0.15) is 0 Å². The lowest BCUT2D eigenvalue weighted by Gasteiger charge is -2.30. The highest BCUT2D eigenvalue weighted by Gasteiger charge is 2.49. The first-order valence-electron chi connectivity index (χ1n) is 6.89. The molecule has 1 heterocycles. The zero-order chi connectivity index (χ0) is 15.0. The number of hydrogen-bond donors (Lipinski definition) is 0. The van der Waals surface area contributed by atoms with Crippen LogP contribution in [0.15, 0.2) is 24.3 Å². The van der Waals surface area contributed by atoms with E-state index in [1.54, 1.807) is 19.1 Å². The quantitative estimate of drug-likeness (QED) is 0.794. The maximum absolute atomic E-state index is 11.6. The molecule has 0 aliphatic carbocycles. The third-order valence-corrected chi connectivity index (χ3v) is 3.95. The lowest BCUT2D eigenvalue weighted by molar-refractivity contribution is -0.0895. The molecule has 0 radical (unpaired) electrons. The highest BCUT2D eigenvalue weighted by Crippen LogP contribution is 2.44. The van der Waals surface area contributed by atoms with E-state index in [2.05, 4.69) is 0 Å². The van der Waals surface area contributed by atoms with Crippen LogP contribution in [0.4, 0.5) is 0 Å². The molecule has 110 valence electrons. The minimum Gasteiger partial charge on any atom is -0.462 e. The molecule has 0 spiro atoms. The van der Waals surface area contributed by atoms with Crippen molar-refractivity contribution in [1.29, 1.82) is 0 Å². The van der Waals surface area contributed by atoms with Gasteiger partial charge in [0.2, 0.25) is 0 Å². The van der Waals surface area contributed by atoms with Crippen molar-refractivity contribution >= 4 is 5.97 Å². The molecule has 1 aromatic rings. The Bertz CT molecular complexity index is 472. The van der Waals surface area contributed by atoms with Crippen molar-refractivity contribution in [2.45, 2.75) is 52.1 Å². The second-order valence-electron chi connectivity index (χ2n) is 5.93. The molecule has 1 aliphatic heterocycles. The first kappa shape index (κ1) is 15.0. The van der Waals surface area contributed by atoms with Crippen molar-refractivity contribution < 1.29 is 19.0 Å². The molecular weight excluding hydrogens is 256 g/mol. The topological polar surface area (TPSA) is 44.8 Å². The van der Waals surface area contributed by atoms with Crippen molar-refractivity contribution in [3.63, 3.8) is 0 Å². The van der Waals surface area contributed by atoms with Crippen molar-refractivity contribution in [3.8, 4) is 0 Å². The van der Waals surface area contributed by atoms with E-state index in [9.17, 15) is 4.79 Å². The number of ether oxygens (including phenoxy) is 3. The van der Waals surface area contributed by atoms with E-state index in [0.717, 1.165) is 5.56 Å². The zero-order valence-corrected chi connectivity index (χ0v) is 12.7. The fraction of sp³-hybridized carbons (Fsp3) is 0.562. The van der Waals surface area contributed by atoms with E-state index >= 15 is 0 Å². The number of esters is 1. The Balaban J connectivity index is 2.14. The van der Waals surface area contributed by atoms with Gasteiger partial charge in [-0.15, -0.1) is 0 Å². The van der Waals surface area contributed by atoms with E-state index in [-0.39, 0.29) is 17.2 Å². The van der Waals surface area contributed by atoms with Gasteiger partial charge >= 0.3 is 5.97 Å². The van der Waals surface area contributed by atoms with Crippen molar-refractivity contribution in [2.24, 2.45) is 0 Å². The van der Waals surface area contributed by atoms with Crippen LogP contribution in [-0.4, -0.2) is 23.8 Å². The van der Waals surface area contributed by atoms with Gasteiger partial charge in [0, 0.05) is 5.56 Å². The number of benzene rings is 1. The fourth-order valence-corrected chi connectivity index (χ4v) is 1.97. The highest BCUT2D eigenvalue weighted by molar-refractivity contribution is 5.89. The van der Waals surface area contributed by atoms with Crippen LogP contribution in [-0.2, 0) is 14.2 Å². The Morgan fingerprint density at radius 3 is 2.05 bits per heavy atom. The molecule has 1 saturated heterocycles. The third kappa shape index (κ3) is 2.72. The van der Waals surface area contributed by atoms with Crippen molar-refractivity contribution in [3.05, 3.63) is 35.4 Å². The Kier molecular flexibility index (Phi) is 3.89. The van der Waals surface area contributed by atoms with E-state index in [1.165, 1.54) is 0 Å². The molecule has 2 rings (SSSR count). The second kappa shape index (κ2) is 5.19. The van der Waals surface area contributed by atoms with Crippen LogP contribution >= 0.6 is 0 Å². The summed E-state index contributed by atoms with van der Waals surface area (Å²) in [6, 6.07) is 7.15. The summed E-state index contributed by atoms with van der Waals surface area (Å²) in [5.74, 6) is -0.312. The van der Waals surface area contributed by atoms with E-state index in [4.69, 9.17) is 14.2 Å². The predicted molar refractivity (Wildman–Crippen MR) is 75.5 cm³/mol.